The molecule has 0 aromatic heterocycles. The molecular weight excluding hydrogens is 324 g/mol. The Bertz CT molecular complexity index is 480. The molecule has 0 aliphatic heterocycles. The summed E-state index contributed by atoms with van der Waals surface area (Å²) in [5, 5.41) is 0. The number of methoxy groups -OCH3 is 1. The number of carbonyl (C=O) groups excluding carboxylic acids is 1. The van der Waals surface area contributed by atoms with Crippen LogP contribution in [0.25, 0.3) is 0 Å². The van der Waals surface area contributed by atoms with Gasteiger partial charge in [-0.15, -0.1) is 0 Å². The molecule has 2 unspecified atom stereocenters. The average Bonchev–Trinajstić information content (AvgIpc) is 2.40. The maximum atomic E-state index is 11.1. The SMILES string of the molecule is CCC(N)Cc1cc(Br)c(OC(C)C(N)=O)c(OC)c1. The van der Waals surface area contributed by atoms with Crippen molar-refractivity contribution in [1.82, 2.24) is 0 Å². The van der Waals surface area contributed by atoms with Gasteiger partial charge in [0.05, 0.1) is 11.6 Å². The molecule has 0 heterocycles. The van der Waals surface area contributed by atoms with Crippen LogP contribution in [0, 0.1) is 0 Å². The van der Waals surface area contributed by atoms with E-state index < -0.39 is 12.0 Å². The number of ether oxygens (including phenoxy) is 2. The van der Waals surface area contributed by atoms with Crippen molar-refractivity contribution in [3.8, 4) is 11.5 Å². The lowest BCUT2D eigenvalue weighted by atomic mass is 10.0. The Morgan fingerprint density at radius 1 is 1.45 bits per heavy atom. The first kappa shape index (κ1) is 16.8. The summed E-state index contributed by atoms with van der Waals surface area (Å²) in [5.74, 6) is 0.481. The molecular formula is C14H21BrN2O3. The summed E-state index contributed by atoms with van der Waals surface area (Å²) in [5.41, 5.74) is 12.2. The second-order valence-corrected chi connectivity index (χ2v) is 5.50. The molecule has 20 heavy (non-hydrogen) atoms. The van der Waals surface area contributed by atoms with Gasteiger partial charge in [-0.3, -0.25) is 4.79 Å². The molecule has 5 nitrogen and oxygen atoms in total. The highest BCUT2D eigenvalue weighted by Crippen LogP contribution is 2.37. The normalized spacial score (nSPS) is 13.7. The van der Waals surface area contributed by atoms with Gasteiger partial charge in [-0.2, -0.15) is 0 Å². The minimum Gasteiger partial charge on any atom is -0.493 e. The predicted molar refractivity (Wildman–Crippen MR) is 81.9 cm³/mol. The highest BCUT2D eigenvalue weighted by molar-refractivity contribution is 9.10. The molecule has 0 bridgehead atoms. The van der Waals surface area contributed by atoms with E-state index in [0.717, 1.165) is 18.4 Å². The van der Waals surface area contributed by atoms with Crippen LogP contribution in [-0.2, 0) is 11.2 Å². The molecule has 0 radical (unpaired) electrons. The molecule has 0 aliphatic carbocycles. The van der Waals surface area contributed by atoms with Crippen LogP contribution in [0.4, 0.5) is 0 Å². The minimum atomic E-state index is -0.732. The van der Waals surface area contributed by atoms with E-state index in [9.17, 15) is 4.79 Å². The molecule has 0 aliphatic rings. The first-order valence-corrected chi connectivity index (χ1v) is 7.26. The molecule has 6 heteroatoms. The lowest BCUT2D eigenvalue weighted by Gasteiger charge is -2.18. The highest BCUT2D eigenvalue weighted by atomic mass is 79.9. The number of hydrogen-bond donors (Lipinski definition) is 2. The van der Waals surface area contributed by atoms with Gasteiger partial charge in [-0.1, -0.05) is 6.92 Å². The van der Waals surface area contributed by atoms with Crippen LogP contribution >= 0.6 is 15.9 Å². The molecule has 0 spiro atoms. The summed E-state index contributed by atoms with van der Waals surface area (Å²) >= 11 is 3.43. The van der Waals surface area contributed by atoms with E-state index in [4.69, 9.17) is 20.9 Å². The van der Waals surface area contributed by atoms with E-state index >= 15 is 0 Å². The topological polar surface area (TPSA) is 87.6 Å². The second-order valence-electron chi connectivity index (χ2n) is 4.64. The first-order chi connectivity index (χ1) is 9.38. The molecule has 2 atom stereocenters. The Kier molecular flexibility index (Phi) is 6.29. The Hall–Kier alpha value is -1.27. The van der Waals surface area contributed by atoms with Crippen LogP contribution in [0.15, 0.2) is 16.6 Å². The van der Waals surface area contributed by atoms with Gasteiger partial charge in [-0.05, 0) is 53.4 Å². The summed E-state index contributed by atoms with van der Waals surface area (Å²) in [6, 6.07) is 3.88. The van der Waals surface area contributed by atoms with Gasteiger partial charge in [0.1, 0.15) is 0 Å². The largest absolute Gasteiger partial charge is 0.493 e. The van der Waals surface area contributed by atoms with Gasteiger partial charge in [0.2, 0.25) is 0 Å². The smallest absolute Gasteiger partial charge is 0.258 e. The van der Waals surface area contributed by atoms with Crippen molar-refractivity contribution in [3.63, 3.8) is 0 Å². The van der Waals surface area contributed by atoms with E-state index in [1.54, 1.807) is 14.0 Å². The number of amides is 1. The van der Waals surface area contributed by atoms with Crippen LogP contribution in [0.5, 0.6) is 11.5 Å². The zero-order valence-corrected chi connectivity index (χ0v) is 13.6. The summed E-state index contributed by atoms with van der Waals surface area (Å²) in [4.78, 5) is 11.1. The summed E-state index contributed by atoms with van der Waals surface area (Å²) < 4.78 is 11.6. The number of benzene rings is 1. The fourth-order valence-corrected chi connectivity index (χ4v) is 2.27. The second kappa shape index (κ2) is 7.50. The fraction of sp³-hybridized carbons (Fsp3) is 0.500. The fourth-order valence-electron chi connectivity index (χ4n) is 1.69. The third-order valence-corrected chi connectivity index (χ3v) is 3.60. The van der Waals surface area contributed by atoms with Gasteiger partial charge in [0, 0.05) is 6.04 Å². The number of carbonyl (C=O) groups is 1. The van der Waals surface area contributed by atoms with Crippen LogP contribution in [0.1, 0.15) is 25.8 Å². The molecule has 112 valence electrons. The van der Waals surface area contributed by atoms with E-state index in [2.05, 4.69) is 15.9 Å². The van der Waals surface area contributed by atoms with Gasteiger partial charge >= 0.3 is 0 Å². The average molecular weight is 345 g/mol. The highest BCUT2D eigenvalue weighted by Gasteiger charge is 2.18. The standard InChI is InChI=1S/C14H21BrN2O3/c1-4-10(16)5-9-6-11(15)13(12(7-9)19-3)20-8(2)14(17)18/h6-8,10H,4-5,16H2,1-3H3,(H2,17,18). The lowest BCUT2D eigenvalue weighted by Crippen LogP contribution is -2.30. The van der Waals surface area contributed by atoms with Gasteiger partial charge in [0.15, 0.2) is 17.6 Å². The quantitative estimate of drug-likeness (QED) is 0.791. The number of nitrogens with two attached hydrogens (primary N) is 2. The molecule has 1 rings (SSSR count). The number of hydrogen-bond acceptors (Lipinski definition) is 4. The number of primary amides is 1. The van der Waals surface area contributed by atoms with Crippen molar-refractivity contribution < 1.29 is 14.3 Å². The summed E-state index contributed by atoms with van der Waals surface area (Å²) in [7, 11) is 1.55. The van der Waals surface area contributed by atoms with Crippen molar-refractivity contribution in [2.45, 2.75) is 38.8 Å². The van der Waals surface area contributed by atoms with Crippen LogP contribution < -0.4 is 20.9 Å². The van der Waals surface area contributed by atoms with Crippen molar-refractivity contribution in [2.75, 3.05) is 7.11 Å². The third-order valence-electron chi connectivity index (χ3n) is 3.01. The number of rotatable bonds is 7. The lowest BCUT2D eigenvalue weighted by molar-refractivity contribution is -0.124. The zero-order valence-electron chi connectivity index (χ0n) is 12.0. The first-order valence-electron chi connectivity index (χ1n) is 6.47. The van der Waals surface area contributed by atoms with Crippen molar-refractivity contribution in [1.29, 1.82) is 0 Å². The van der Waals surface area contributed by atoms with Crippen molar-refractivity contribution in [2.24, 2.45) is 11.5 Å². The van der Waals surface area contributed by atoms with Crippen LogP contribution in [0.3, 0.4) is 0 Å². The van der Waals surface area contributed by atoms with E-state index in [-0.39, 0.29) is 6.04 Å². The molecule has 0 fully saturated rings. The monoisotopic (exact) mass is 344 g/mol. The summed E-state index contributed by atoms with van der Waals surface area (Å²) in [6.45, 7) is 3.64. The molecule has 1 aromatic rings. The van der Waals surface area contributed by atoms with Crippen molar-refractivity contribution >= 4 is 21.8 Å². The molecule has 1 amide bonds. The van der Waals surface area contributed by atoms with Crippen molar-refractivity contribution in [3.05, 3.63) is 22.2 Å². The maximum absolute atomic E-state index is 11.1. The van der Waals surface area contributed by atoms with Gasteiger partial charge in [-0.25, -0.2) is 0 Å². The Balaban J connectivity index is 3.04. The maximum Gasteiger partial charge on any atom is 0.258 e. The van der Waals surface area contributed by atoms with Crippen LogP contribution in [0.2, 0.25) is 0 Å². The van der Waals surface area contributed by atoms with E-state index in [0.29, 0.717) is 16.0 Å². The van der Waals surface area contributed by atoms with Crippen LogP contribution in [-0.4, -0.2) is 25.2 Å². The molecule has 0 saturated carbocycles. The minimum absolute atomic E-state index is 0.0999. The predicted octanol–water partition coefficient (Wildman–Crippen LogP) is 1.99. The summed E-state index contributed by atoms with van der Waals surface area (Å²) in [6.07, 6.45) is 0.914. The van der Waals surface area contributed by atoms with Gasteiger partial charge < -0.3 is 20.9 Å². The molecule has 1 aromatic carbocycles. The molecule has 4 N–H and O–H groups in total. The third kappa shape index (κ3) is 4.38. The van der Waals surface area contributed by atoms with E-state index in [1.807, 2.05) is 19.1 Å². The Morgan fingerprint density at radius 3 is 2.60 bits per heavy atom. The Morgan fingerprint density at radius 2 is 2.10 bits per heavy atom. The van der Waals surface area contributed by atoms with E-state index in [1.165, 1.54) is 0 Å². The Labute approximate surface area is 127 Å². The van der Waals surface area contributed by atoms with Gasteiger partial charge in [0.25, 0.3) is 5.91 Å². The number of halogens is 1. The zero-order chi connectivity index (χ0) is 15.3. The molecule has 0 saturated heterocycles.